The van der Waals surface area contributed by atoms with Crippen molar-refractivity contribution in [2.75, 3.05) is 0 Å². The molecule has 1 aromatic carbocycles. The maximum absolute atomic E-state index is 10.5. The molecule has 0 radical (unpaired) electrons. The van der Waals surface area contributed by atoms with Gasteiger partial charge in [0, 0.05) is 23.1 Å². The van der Waals surface area contributed by atoms with Gasteiger partial charge in [-0.15, -0.1) is 11.8 Å². The van der Waals surface area contributed by atoms with Crippen LogP contribution in [0.1, 0.15) is 44.4 Å². The van der Waals surface area contributed by atoms with E-state index >= 15 is 0 Å². The first-order valence-electron chi connectivity index (χ1n) is 7.35. The van der Waals surface area contributed by atoms with Gasteiger partial charge in [-0.1, -0.05) is 39.5 Å². The molecule has 1 aromatic heterocycles. The van der Waals surface area contributed by atoms with Crippen LogP contribution >= 0.6 is 11.8 Å². The van der Waals surface area contributed by atoms with Gasteiger partial charge in [0.15, 0.2) is 0 Å². The van der Waals surface area contributed by atoms with E-state index in [4.69, 9.17) is 0 Å². The topological polar surface area (TPSA) is 33.1 Å². The molecule has 2 nitrogen and oxygen atoms in total. The number of benzene rings is 1. The van der Waals surface area contributed by atoms with Crippen LogP contribution in [0.2, 0.25) is 0 Å². The van der Waals surface area contributed by atoms with Crippen molar-refractivity contribution in [2.45, 2.75) is 43.9 Å². The molecule has 0 saturated heterocycles. The second kappa shape index (κ2) is 6.57. The third-order valence-corrected chi connectivity index (χ3v) is 4.48. The van der Waals surface area contributed by atoms with Crippen LogP contribution in [0.15, 0.2) is 48.1 Å². The molecule has 22 heavy (non-hydrogen) atoms. The molecule has 2 rings (SSSR count). The Labute approximate surface area is 137 Å². The fraction of sp³-hybridized carbons (Fsp3) is 0.316. The van der Waals surface area contributed by atoms with E-state index in [0.29, 0.717) is 5.75 Å². The van der Waals surface area contributed by atoms with Crippen molar-refractivity contribution in [2.24, 2.45) is 0 Å². The van der Waals surface area contributed by atoms with Crippen LogP contribution in [0, 0.1) is 0 Å². The number of pyridine rings is 1. The molecule has 2 aromatic rings. The van der Waals surface area contributed by atoms with Gasteiger partial charge in [-0.25, -0.2) is 4.98 Å². The molecule has 0 aliphatic carbocycles. The Morgan fingerprint density at radius 1 is 1.27 bits per heavy atom. The first kappa shape index (κ1) is 16.6. The van der Waals surface area contributed by atoms with E-state index in [1.165, 1.54) is 5.56 Å². The van der Waals surface area contributed by atoms with E-state index in [9.17, 15) is 5.11 Å². The van der Waals surface area contributed by atoms with Gasteiger partial charge in [0.25, 0.3) is 0 Å². The summed E-state index contributed by atoms with van der Waals surface area (Å²) in [6.07, 6.45) is 1.80. The highest BCUT2D eigenvalue weighted by molar-refractivity contribution is 7.98. The van der Waals surface area contributed by atoms with Crippen molar-refractivity contribution in [3.63, 3.8) is 0 Å². The smallest absolute Gasteiger partial charge is 0.126 e. The van der Waals surface area contributed by atoms with Gasteiger partial charge in [0.05, 0.1) is 5.03 Å². The van der Waals surface area contributed by atoms with Gasteiger partial charge < -0.3 is 5.11 Å². The summed E-state index contributed by atoms with van der Waals surface area (Å²) in [4.78, 5) is 4.34. The molecule has 116 valence electrons. The predicted molar refractivity (Wildman–Crippen MR) is 95.3 cm³/mol. The number of rotatable bonds is 4. The largest absolute Gasteiger partial charge is 0.507 e. The summed E-state index contributed by atoms with van der Waals surface area (Å²) in [7, 11) is 0. The molecule has 0 fully saturated rings. The maximum atomic E-state index is 10.5. The van der Waals surface area contributed by atoms with E-state index in [-0.39, 0.29) is 5.41 Å². The summed E-state index contributed by atoms with van der Waals surface area (Å²) in [5, 5.41) is 11.5. The molecule has 0 bridgehead atoms. The van der Waals surface area contributed by atoms with Crippen molar-refractivity contribution in [3.05, 3.63) is 59.8 Å². The number of allylic oxidation sites excluding steroid dienone is 1. The Balaban J connectivity index is 2.35. The molecule has 1 N–H and O–H groups in total. The zero-order chi connectivity index (χ0) is 16.3. The number of aromatic hydroxyl groups is 1. The lowest BCUT2D eigenvalue weighted by Gasteiger charge is -2.23. The number of thioether (sulfide) groups is 1. The number of aromatic nitrogens is 1. The zero-order valence-electron chi connectivity index (χ0n) is 13.7. The highest BCUT2D eigenvalue weighted by atomic mass is 32.2. The molecule has 3 heteroatoms. The molecule has 0 aliphatic rings. The van der Waals surface area contributed by atoms with E-state index in [1.54, 1.807) is 18.0 Å². The van der Waals surface area contributed by atoms with Gasteiger partial charge in [-0.2, -0.15) is 0 Å². The van der Waals surface area contributed by atoms with Crippen molar-refractivity contribution in [1.82, 2.24) is 4.98 Å². The highest BCUT2D eigenvalue weighted by Gasteiger charge is 2.21. The minimum absolute atomic E-state index is 0.111. The van der Waals surface area contributed by atoms with Crippen LogP contribution in [0.5, 0.6) is 5.75 Å². The monoisotopic (exact) mass is 313 g/mol. The van der Waals surface area contributed by atoms with Crippen LogP contribution in [-0.2, 0) is 11.2 Å². The molecule has 0 atom stereocenters. The van der Waals surface area contributed by atoms with Crippen LogP contribution in [0.3, 0.4) is 0 Å². The summed E-state index contributed by atoms with van der Waals surface area (Å²) < 4.78 is 0. The predicted octanol–water partition coefficient (Wildman–Crippen LogP) is 5.41. The second-order valence-electron chi connectivity index (χ2n) is 6.53. The van der Waals surface area contributed by atoms with Gasteiger partial charge in [0.1, 0.15) is 5.75 Å². The van der Waals surface area contributed by atoms with Gasteiger partial charge >= 0.3 is 0 Å². The number of hydrogen-bond acceptors (Lipinski definition) is 3. The fourth-order valence-corrected chi connectivity index (χ4v) is 3.06. The number of phenols is 1. The summed E-state index contributed by atoms with van der Waals surface area (Å²) >= 11 is 1.70. The number of hydrogen-bond donors (Lipinski definition) is 1. The summed E-state index contributed by atoms with van der Waals surface area (Å²) in [5.41, 5.74) is 3.75. The molecular formula is C19H23NOS. The van der Waals surface area contributed by atoms with Crippen molar-refractivity contribution in [1.29, 1.82) is 0 Å². The highest BCUT2D eigenvalue weighted by Crippen LogP contribution is 2.38. The molecule has 1 heterocycles. The SMILES string of the molecule is C=C(C)c1cc(CSc2ccccn2)cc(C(C)(C)C)c1O. The number of phenolic OH excluding ortho intramolecular Hbond substituents is 1. The summed E-state index contributed by atoms with van der Waals surface area (Å²) in [6, 6.07) is 10.0. The van der Waals surface area contributed by atoms with Gasteiger partial charge in [0.2, 0.25) is 0 Å². The Kier molecular flexibility index (Phi) is 4.97. The van der Waals surface area contributed by atoms with Crippen molar-refractivity contribution < 1.29 is 5.11 Å². The molecule has 0 saturated carbocycles. The third kappa shape index (κ3) is 3.92. The Morgan fingerprint density at radius 3 is 2.55 bits per heavy atom. The van der Waals surface area contributed by atoms with Gasteiger partial charge in [-0.3, -0.25) is 0 Å². The maximum Gasteiger partial charge on any atom is 0.126 e. The van der Waals surface area contributed by atoms with E-state index in [1.807, 2.05) is 31.2 Å². The lowest BCUT2D eigenvalue weighted by atomic mass is 9.83. The normalized spacial score (nSPS) is 11.5. The van der Waals surface area contributed by atoms with E-state index < -0.39 is 0 Å². The van der Waals surface area contributed by atoms with Crippen LogP contribution in [0.25, 0.3) is 5.57 Å². The Morgan fingerprint density at radius 2 is 2.00 bits per heavy atom. The van der Waals surface area contributed by atoms with Crippen LogP contribution in [-0.4, -0.2) is 10.1 Å². The molecule has 0 amide bonds. The quantitative estimate of drug-likeness (QED) is 0.766. The molecule has 0 unspecified atom stereocenters. The first-order chi connectivity index (χ1) is 10.3. The minimum atomic E-state index is -0.111. The second-order valence-corrected chi connectivity index (χ2v) is 7.52. The average Bonchev–Trinajstić information content (AvgIpc) is 2.45. The first-order valence-corrected chi connectivity index (χ1v) is 8.33. The fourth-order valence-electron chi connectivity index (χ4n) is 2.26. The van der Waals surface area contributed by atoms with Gasteiger partial charge in [-0.05, 0) is 41.7 Å². The summed E-state index contributed by atoms with van der Waals surface area (Å²) in [6.45, 7) is 12.3. The zero-order valence-corrected chi connectivity index (χ0v) is 14.5. The minimum Gasteiger partial charge on any atom is -0.507 e. The average molecular weight is 313 g/mol. The van der Waals surface area contributed by atoms with Crippen molar-refractivity contribution in [3.8, 4) is 5.75 Å². The molecular weight excluding hydrogens is 290 g/mol. The summed E-state index contributed by atoms with van der Waals surface area (Å²) in [5.74, 6) is 1.17. The molecule has 0 aliphatic heterocycles. The van der Waals surface area contributed by atoms with Crippen LogP contribution < -0.4 is 0 Å². The third-order valence-electron chi connectivity index (χ3n) is 3.46. The lowest BCUT2D eigenvalue weighted by molar-refractivity contribution is 0.445. The van der Waals surface area contributed by atoms with Crippen LogP contribution in [0.4, 0.5) is 0 Å². The van der Waals surface area contributed by atoms with E-state index in [2.05, 4.69) is 38.4 Å². The number of nitrogens with zero attached hydrogens (tertiary/aromatic N) is 1. The standard InChI is InChI=1S/C19H23NOS/c1-13(2)15-10-14(11-16(18(15)21)19(3,4)5)12-22-17-8-6-7-9-20-17/h6-11,21H,1,12H2,2-5H3. The Hall–Kier alpha value is -1.74. The van der Waals surface area contributed by atoms with Crippen molar-refractivity contribution >= 4 is 17.3 Å². The molecule has 0 spiro atoms. The van der Waals surface area contributed by atoms with E-state index in [0.717, 1.165) is 27.5 Å². The lowest BCUT2D eigenvalue weighted by Crippen LogP contribution is -2.12. The Bertz CT molecular complexity index is 672.